The minimum Gasteiger partial charge on any atom is -0.310 e. The predicted octanol–water partition coefficient (Wildman–Crippen LogP) is 14.8. The summed E-state index contributed by atoms with van der Waals surface area (Å²) in [7, 11) is 0. The van der Waals surface area contributed by atoms with Gasteiger partial charge in [0.05, 0.1) is 0 Å². The van der Waals surface area contributed by atoms with Gasteiger partial charge in [0.2, 0.25) is 0 Å². The first-order chi connectivity index (χ1) is 26.3. The molecule has 0 unspecified atom stereocenters. The molecule has 0 aromatic heterocycles. The highest BCUT2D eigenvalue weighted by Gasteiger charge is 2.16. The van der Waals surface area contributed by atoms with Crippen molar-refractivity contribution in [2.75, 3.05) is 4.90 Å². The Labute approximate surface area is 309 Å². The van der Waals surface area contributed by atoms with E-state index in [-0.39, 0.29) is 0 Å². The van der Waals surface area contributed by atoms with Crippen LogP contribution < -0.4 is 4.90 Å². The summed E-state index contributed by atoms with van der Waals surface area (Å²) in [6.45, 7) is 0. The molecule has 10 aromatic carbocycles. The number of rotatable bonds is 6. The molecular weight excluding hydrogens is 639 g/mol. The van der Waals surface area contributed by atoms with Crippen molar-refractivity contribution in [3.8, 4) is 33.4 Å². The third-order valence-electron chi connectivity index (χ3n) is 10.6. The summed E-state index contributed by atoms with van der Waals surface area (Å²) in [5.74, 6) is 0. The standard InChI is InChI=1S/C52H35N/c1-2-12-36(13-3-1)39-24-25-41-33-46(31-28-40(41)32-39)53(45-18-10-17-42(34-45)48-23-11-16-37-14-4-6-19-47(37)48)44-29-26-38(27-30-44)52-35-43-15-5-7-20-49(43)50-21-8-9-22-51(50)52/h1-35H. The summed E-state index contributed by atoms with van der Waals surface area (Å²) in [4.78, 5) is 2.39. The van der Waals surface area contributed by atoms with Crippen LogP contribution >= 0.6 is 0 Å². The lowest BCUT2D eigenvalue weighted by Crippen LogP contribution is -2.10. The largest absolute Gasteiger partial charge is 0.310 e. The van der Waals surface area contributed by atoms with Crippen LogP contribution in [0.5, 0.6) is 0 Å². The summed E-state index contributed by atoms with van der Waals surface area (Å²) >= 11 is 0. The van der Waals surface area contributed by atoms with Gasteiger partial charge in [-0.25, -0.2) is 0 Å². The topological polar surface area (TPSA) is 3.24 Å². The second-order valence-corrected chi connectivity index (χ2v) is 13.8. The molecule has 0 radical (unpaired) electrons. The third kappa shape index (κ3) is 5.60. The van der Waals surface area contributed by atoms with Crippen LogP contribution in [-0.2, 0) is 0 Å². The van der Waals surface area contributed by atoms with Crippen molar-refractivity contribution in [2.45, 2.75) is 0 Å². The van der Waals surface area contributed by atoms with Gasteiger partial charge in [0, 0.05) is 17.1 Å². The quantitative estimate of drug-likeness (QED) is 0.159. The van der Waals surface area contributed by atoms with Crippen molar-refractivity contribution in [1.29, 1.82) is 0 Å². The van der Waals surface area contributed by atoms with E-state index < -0.39 is 0 Å². The first-order valence-corrected chi connectivity index (χ1v) is 18.3. The smallest absolute Gasteiger partial charge is 0.0468 e. The minimum absolute atomic E-state index is 1.11. The van der Waals surface area contributed by atoms with E-state index in [4.69, 9.17) is 0 Å². The second-order valence-electron chi connectivity index (χ2n) is 13.8. The summed E-state index contributed by atoms with van der Waals surface area (Å²) in [5, 5.41) is 10.0. The summed E-state index contributed by atoms with van der Waals surface area (Å²) in [6, 6.07) is 77.3. The van der Waals surface area contributed by atoms with Gasteiger partial charge in [-0.05, 0) is 125 Å². The van der Waals surface area contributed by atoms with Crippen LogP contribution in [0.3, 0.4) is 0 Å². The fourth-order valence-electron chi connectivity index (χ4n) is 8.00. The predicted molar refractivity (Wildman–Crippen MR) is 227 cm³/mol. The molecule has 0 bridgehead atoms. The summed E-state index contributed by atoms with van der Waals surface area (Å²) in [6.07, 6.45) is 0. The van der Waals surface area contributed by atoms with Gasteiger partial charge in [-0.1, -0.05) is 164 Å². The van der Waals surface area contributed by atoms with Gasteiger partial charge < -0.3 is 4.90 Å². The second kappa shape index (κ2) is 13.0. The molecule has 0 saturated heterocycles. The van der Waals surface area contributed by atoms with Crippen molar-refractivity contribution in [2.24, 2.45) is 0 Å². The van der Waals surface area contributed by atoms with Crippen LogP contribution in [0, 0.1) is 0 Å². The van der Waals surface area contributed by atoms with E-state index in [0.29, 0.717) is 0 Å². The minimum atomic E-state index is 1.11. The molecule has 0 aliphatic rings. The van der Waals surface area contributed by atoms with Crippen LogP contribution in [0.15, 0.2) is 212 Å². The van der Waals surface area contributed by atoms with Gasteiger partial charge in [-0.3, -0.25) is 0 Å². The van der Waals surface area contributed by atoms with Gasteiger partial charge in [-0.15, -0.1) is 0 Å². The molecule has 0 atom stereocenters. The van der Waals surface area contributed by atoms with Gasteiger partial charge in [-0.2, -0.15) is 0 Å². The van der Waals surface area contributed by atoms with E-state index in [2.05, 4.69) is 217 Å². The Kier molecular flexibility index (Phi) is 7.55. The fraction of sp³-hybridized carbons (Fsp3) is 0. The molecule has 248 valence electrons. The molecule has 0 N–H and O–H groups in total. The number of hydrogen-bond acceptors (Lipinski definition) is 1. The zero-order valence-electron chi connectivity index (χ0n) is 29.2. The number of nitrogens with zero attached hydrogens (tertiary/aromatic N) is 1. The molecule has 0 aliphatic carbocycles. The molecule has 0 spiro atoms. The van der Waals surface area contributed by atoms with E-state index in [9.17, 15) is 0 Å². The normalized spacial score (nSPS) is 11.4. The lowest BCUT2D eigenvalue weighted by Gasteiger charge is -2.27. The Morgan fingerprint density at radius 3 is 1.66 bits per heavy atom. The first kappa shape index (κ1) is 30.8. The van der Waals surface area contributed by atoms with Crippen molar-refractivity contribution < 1.29 is 0 Å². The van der Waals surface area contributed by atoms with Crippen molar-refractivity contribution in [1.82, 2.24) is 0 Å². The lowest BCUT2D eigenvalue weighted by molar-refractivity contribution is 1.29. The first-order valence-electron chi connectivity index (χ1n) is 18.3. The molecule has 1 nitrogen and oxygen atoms in total. The van der Waals surface area contributed by atoms with E-state index in [1.807, 2.05) is 0 Å². The molecule has 0 amide bonds. The highest BCUT2D eigenvalue weighted by atomic mass is 15.1. The molecule has 1 heteroatoms. The van der Waals surface area contributed by atoms with Crippen LogP contribution in [0.2, 0.25) is 0 Å². The molecule has 0 heterocycles. The van der Waals surface area contributed by atoms with Gasteiger partial charge in [0.1, 0.15) is 0 Å². The van der Waals surface area contributed by atoms with Crippen molar-refractivity contribution in [3.63, 3.8) is 0 Å². The van der Waals surface area contributed by atoms with E-state index in [1.165, 1.54) is 76.5 Å². The Morgan fingerprint density at radius 1 is 0.226 bits per heavy atom. The molecule has 0 saturated carbocycles. The summed E-state index contributed by atoms with van der Waals surface area (Å²) in [5.41, 5.74) is 10.7. The summed E-state index contributed by atoms with van der Waals surface area (Å²) < 4.78 is 0. The van der Waals surface area contributed by atoms with Crippen LogP contribution in [0.1, 0.15) is 0 Å². The number of hydrogen-bond donors (Lipinski definition) is 0. The van der Waals surface area contributed by atoms with Gasteiger partial charge in [0.15, 0.2) is 0 Å². The maximum Gasteiger partial charge on any atom is 0.0468 e. The Bertz CT molecular complexity index is 2940. The average molecular weight is 674 g/mol. The third-order valence-corrected chi connectivity index (χ3v) is 10.6. The fourth-order valence-corrected chi connectivity index (χ4v) is 8.00. The highest BCUT2D eigenvalue weighted by Crippen LogP contribution is 2.41. The van der Waals surface area contributed by atoms with Gasteiger partial charge >= 0.3 is 0 Å². The molecule has 0 fully saturated rings. The number of fused-ring (bicyclic) bond motifs is 5. The molecule has 0 aliphatic heterocycles. The molecular formula is C52H35N. The lowest BCUT2D eigenvalue weighted by atomic mass is 9.93. The van der Waals surface area contributed by atoms with E-state index in [1.54, 1.807) is 0 Å². The van der Waals surface area contributed by atoms with Crippen LogP contribution in [0.25, 0.3) is 76.5 Å². The molecule has 10 rings (SSSR count). The van der Waals surface area contributed by atoms with Gasteiger partial charge in [0.25, 0.3) is 0 Å². The average Bonchev–Trinajstić information content (AvgIpc) is 3.24. The van der Waals surface area contributed by atoms with E-state index >= 15 is 0 Å². The Balaban J connectivity index is 1.11. The number of benzene rings is 10. The maximum atomic E-state index is 2.39. The van der Waals surface area contributed by atoms with Crippen molar-refractivity contribution >= 4 is 60.2 Å². The highest BCUT2D eigenvalue weighted by molar-refractivity contribution is 6.13. The number of anilines is 3. The van der Waals surface area contributed by atoms with E-state index in [0.717, 1.165) is 17.1 Å². The Hall–Kier alpha value is -6.96. The molecule has 10 aromatic rings. The Morgan fingerprint density at radius 2 is 0.811 bits per heavy atom. The molecule has 53 heavy (non-hydrogen) atoms. The zero-order valence-corrected chi connectivity index (χ0v) is 29.2. The van der Waals surface area contributed by atoms with Crippen molar-refractivity contribution in [3.05, 3.63) is 212 Å². The van der Waals surface area contributed by atoms with Crippen LogP contribution in [-0.4, -0.2) is 0 Å². The maximum absolute atomic E-state index is 2.39. The SMILES string of the molecule is c1ccc(-c2ccc3cc(N(c4ccc(-c5cc6ccccc6c6ccccc56)cc4)c4cccc(-c5cccc6ccccc56)c4)ccc3c2)cc1. The zero-order chi connectivity index (χ0) is 35.1. The monoisotopic (exact) mass is 673 g/mol. The van der Waals surface area contributed by atoms with Crippen LogP contribution in [0.4, 0.5) is 17.1 Å².